The van der Waals surface area contributed by atoms with Crippen LogP contribution in [-0.2, 0) is 22.6 Å². The molecule has 7 nitrogen and oxygen atoms in total. The van der Waals surface area contributed by atoms with Crippen LogP contribution in [0.15, 0.2) is 50.6 Å². The van der Waals surface area contributed by atoms with E-state index in [0.29, 0.717) is 29.1 Å². The summed E-state index contributed by atoms with van der Waals surface area (Å²) in [6, 6.07) is 11.2. The highest BCUT2D eigenvalue weighted by Crippen LogP contribution is 2.22. The Hall–Kier alpha value is -2.97. The molecule has 0 atom stereocenters. The minimum Gasteiger partial charge on any atom is -0.408 e. The minimum atomic E-state index is -0.565. The van der Waals surface area contributed by atoms with Crippen LogP contribution in [0.3, 0.4) is 0 Å². The van der Waals surface area contributed by atoms with Crippen molar-refractivity contribution in [2.75, 3.05) is 13.7 Å². The van der Waals surface area contributed by atoms with Crippen molar-refractivity contribution in [2.45, 2.75) is 26.9 Å². The van der Waals surface area contributed by atoms with E-state index in [0.717, 1.165) is 10.2 Å². The molecule has 0 fully saturated rings. The van der Waals surface area contributed by atoms with Gasteiger partial charge in [-0.3, -0.25) is 9.36 Å². The molecular weight excluding hydrogens is 390 g/mol. The van der Waals surface area contributed by atoms with Crippen LogP contribution in [0.25, 0.3) is 21.3 Å². The average Bonchev–Trinajstić information content (AvgIpc) is 3.17. The van der Waals surface area contributed by atoms with E-state index in [1.165, 1.54) is 27.0 Å². The molecule has 0 saturated carbocycles. The quantitative estimate of drug-likeness (QED) is 0.506. The third-order valence-corrected chi connectivity index (χ3v) is 5.95. The van der Waals surface area contributed by atoms with Gasteiger partial charge in [0.25, 0.3) is 5.91 Å². The van der Waals surface area contributed by atoms with E-state index in [1.54, 1.807) is 31.4 Å². The average molecular weight is 411 g/mol. The molecule has 4 aromatic rings. The SMILES string of the molecule is COCCn1c(=NC(=O)Cn2c(=O)oc3ccccc32)sc2cc(C)c(C)cc21. The third kappa shape index (κ3) is 3.68. The number of hydrogen-bond acceptors (Lipinski definition) is 5. The lowest BCUT2D eigenvalue weighted by molar-refractivity contribution is -0.118. The summed E-state index contributed by atoms with van der Waals surface area (Å²) in [5, 5.41) is 0. The smallest absolute Gasteiger partial charge is 0.408 e. The molecule has 150 valence electrons. The van der Waals surface area contributed by atoms with Gasteiger partial charge in [-0.25, -0.2) is 4.79 Å². The molecule has 0 aliphatic rings. The van der Waals surface area contributed by atoms with Crippen LogP contribution in [-0.4, -0.2) is 28.8 Å². The normalized spacial score (nSPS) is 12.3. The maximum Gasteiger partial charge on any atom is 0.420 e. The molecule has 4 rings (SSSR count). The van der Waals surface area contributed by atoms with E-state index in [1.807, 2.05) is 4.57 Å². The summed E-state index contributed by atoms with van der Waals surface area (Å²) < 4.78 is 14.8. The first kappa shape index (κ1) is 19.4. The standard InChI is InChI=1S/C21H21N3O4S/c1-13-10-16-18(11-14(13)2)29-20(23(16)8-9-27-3)22-19(25)12-24-15-6-4-5-7-17(15)28-21(24)26/h4-7,10-11H,8-9,12H2,1-3H3. The number of hydrogen-bond donors (Lipinski definition) is 0. The van der Waals surface area contributed by atoms with Crippen LogP contribution in [0.5, 0.6) is 0 Å². The first-order valence-corrected chi connectivity index (χ1v) is 10.0. The number of ether oxygens (including phenoxy) is 1. The van der Waals surface area contributed by atoms with Gasteiger partial charge in [-0.1, -0.05) is 23.5 Å². The molecule has 1 amide bonds. The predicted octanol–water partition coefficient (Wildman–Crippen LogP) is 3.00. The van der Waals surface area contributed by atoms with Crippen molar-refractivity contribution in [3.63, 3.8) is 0 Å². The summed E-state index contributed by atoms with van der Waals surface area (Å²) in [6.07, 6.45) is 0. The summed E-state index contributed by atoms with van der Waals surface area (Å²) in [5.74, 6) is -0.977. The van der Waals surface area contributed by atoms with Gasteiger partial charge >= 0.3 is 5.76 Å². The Morgan fingerprint density at radius 1 is 1.14 bits per heavy atom. The Morgan fingerprint density at radius 2 is 1.90 bits per heavy atom. The lowest BCUT2D eigenvalue weighted by Crippen LogP contribution is -2.23. The highest BCUT2D eigenvalue weighted by molar-refractivity contribution is 7.16. The zero-order valence-electron chi connectivity index (χ0n) is 16.5. The number of rotatable bonds is 5. The van der Waals surface area contributed by atoms with E-state index in [2.05, 4.69) is 31.0 Å². The number of nitrogens with zero attached hydrogens (tertiary/aromatic N) is 3. The van der Waals surface area contributed by atoms with Crippen molar-refractivity contribution in [3.05, 3.63) is 62.9 Å². The van der Waals surface area contributed by atoms with E-state index >= 15 is 0 Å². The fourth-order valence-corrected chi connectivity index (χ4v) is 4.40. The number of benzene rings is 2. The van der Waals surface area contributed by atoms with Crippen LogP contribution in [0.2, 0.25) is 0 Å². The number of fused-ring (bicyclic) bond motifs is 2. The van der Waals surface area contributed by atoms with Crippen molar-refractivity contribution >= 4 is 38.6 Å². The molecule has 0 unspecified atom stereocenters. The second-order valence-electron chi connectivity index (χ2n) is 6.86. The van der Waals surface area contributed by atoms with Gasteiger partial charge in [0, 0.05) is 13.7 Å². The van der Waals surface area contributed by atoms with E-state index in [9.17, 15) is 9.59 Å². The lowest BCUT2D eigenvalue weighted by Gasteiger charge is -2.06. The number of carbonyl (C=O) groups is 1. The zero-order valence-corrected chi connectivity index (χ0v) is 17.3. The highest BCUT2D eigenvalue weighted by atomic mass is 32.1. The van der Waals surface area contributed by atoms with Crippen molar-refractivity contribution < 1.29 is 13.9 Å². The number of para-hydroxylation sites is 2. The molecule has 8 heteroatoms. The summed E-state index contributed by atoms with van der Waals surface area (Å²) in [7, 11) is 1.64. The largest absolute Gasteiger partial charge is 0.420 e. The molecule has 2 heterocycles. The van der Waals surface area contributed by atoms with E-state index in [4.69, 9.17) is 9.15 Å². The van der Waals surface area contributed by atoms with Crippen LogP contribution < -0.4 is 10.6 Å². The molecule has 0 radical (unpaired) electrons. The number of aryl methyl sites for hydroxylation is 2. The lowest BCUT2D eigenvalue weighted by atomic mass is 10.1. The summed E-state index contributed by atoms with van der Waals surface area (Å²) >= 11 is 1.46. The molecule has 2 aromatic heterocycles. The second-order valence-corrected chi connectivity index (χ2v) is 7.87. The monoisotopic (exact) mass is 411 g/mol. The van der Waals surface area contributed by atoms with Gasteiger partial charge in [0.15, 0.2) is 10.4 Å². The Labute approximate surface area is 170 Å². The summed E-state index contributed by atoms with van der Waals surface area (Å²) in [4.78, 5) is 29.7. The summed E-state index contributed by atoms with van der Waals surface area (Å²) in [6.45, 7) is 5.04. The molecule has 0 aliphatic heterocycles. The van der Waals surface area contributed by atoms with Gasteiger partial charge < -0.3 is 13.7 Å². The van der Waals surface area contributed by atoms with Crippen LogP contribution in [0, 0.1) is 13.8 Å². The Bertz CT molecular complexity index is 1340. The Morgan fingerprint density at radius 3 is 2.69 bits per heavy atom. The first-order chi connectivity index (χ1) is 14.0. The van der Waals surface area contributed by atoms with Crippen molar-refractivity contribution in [1.82, 2.24) is 9.13 Å². The van der Waals surface area contributed by atoms with E-state index < -0.39 is 11.7 Å². The van der Waals surface area contributed by atoms with Gasteiger partial charge in [0.2, 0.25) is 0 Å². The van der Waals surface area contributed by atoms with E-state index in [-0.39, 0.29) is 6.54 Å². The highest BCUT2D eigenvalue weighted by Gasteiger charge is 2.13. The van der Waals surface area contributed by atoms with Gasteiger partial charge in [0.05, 0.1) is 22.3 Å². The van der Waals surface area contributed by atoms with Gasteiger partial charge in [-0.2, -0.15) is 4.99 Å². The van der Waals surface area contributed by atoms with Crippen molar-refractivity contribution in [2.24, 2.45) is 4.99 Å². The topological polar surface area (TPSA) is 78.7 Å². The molecule has 29 heavy (non-hydrogen) atoms. The van der Waals surface area contributed by atoms with Crippen molar-refractivity contribution in [1.29, 1.82) is 0 Å². The maximum absolute atomic E-state index is 12.7. The fourth-order valence-electron chi connectivity index (χ4n) is 3.25. The molecule has 2 aromatic carbocycles. The Balaban J connectivity index is 1.77. The number of carbonyl (C=O) groups excluding carboxylic acids is 1. The predicted molar refractivity (Wildman–Crippen MR) is 112 cm³/mol. The maximum atomic E-state index is 12.7. The van der Waals surface area contributed by atoms with Crippen molar-refractivity contribution in [3.8, 4) is 0 Å². The fraction of sp³-hybridized carbons (Fsp3) is 0.286. The molecule has 0 saturated heterocycles. The molecule has 0 spiro atoms. The molecular formula is C21H21N3O4S. The number of amides is 1. The van der Waals surface area contributed by atoms with Crippen LogP contribution in [0.1, 0.15) is 11.1 Å². The van der Waals surface area contributed by atoms with Gasteiger partial charge in [-0.15, -0.1) is 0 Å². The zero-order chi connectivity index (χ0) is 20.5. The third-order valence-electron chi connectivity index (χ3n) is 4.90. The first-order valence-electron chi connectivity index (χ1n) is 9.23. The van der Waals surface area contributed by atoms with Crippen LogP contribution >= 0.6 is 11.3 Å². The van der Waals surface area contributed by atoms with Crippen LogP contribution in [0.4, 0.5) is 0 Å². The summed E-state index contributed by atoms with van der Waals surface area (Å²) in [5.41, 5.74) is 4.42. The molecule has 0 aliphatic carbocycles. The molecule has 0 bridgehead atoms. The minimum absolute atomic E-state index is 0.174. The van der Waals surface area contributed by atoms with Gasteiger partial charge in [-0.05, 0) is 49.2 Å². The number of thiazole rings is 1. The number of methoxy groups -OCH3 is 1. The number of oxazole rings is 1. The Kier molecular flexibility index (Phi) is 5.21. The molecule has 0 N–H and O–H groups in total. The number of aromatic nitrogens is 2. The van der Waals surface area contributed by atoms with Gasteiger partial charge in [0.1, 0.15) is 6.54 Å². The second kappa shape index (κ2) is 7.81.